The van der Waals surface area contributed by atoms with E-state index in [4.69, 9.17) is 16.3 Å². The molecule has 0 aromatic heterocycles. The Labute approximate surface area is 133 Å². The molecule has 0 saturated heterocycles. The molecule has 2 nitrogen and oxygen atoms in total. The van der Waals surface area contributed by atoms with E-state index in [9.17, 15) is 0 Å². The van der Waals surface area contributed by atoms with Gasteiger partial charge in [0.25, 0.3) is 0 Å². The Morgan fingerprint density at radius 3 is 2.65 bits per heavy atom. The molecule has 2 aromatic carbocycles. The van der Waals surface area contributed by atoms with Gasteiger partial charge in [-0.15, -0.1) is 0 Å². The number of hydrogen-bond donors (Lipinski definition) is 1. The van der Waals surface area contributed by atoms with Gasteiger partial charge in [-0.3, -0.25) is 0 Å². The van der Waals surface area contributed by atoms with Crippen LogP contribution in [-0.4, -0.2) is 13.2 Å². The molecular weight excluding hydrogens is 338 g/mol. The van der Waals surface area contributed by atoms with Gasteiger partial charge >= 0.3 is 0 Å². The topological polar surface area (TPSA) is 25.8 Å². The largest absolute Gasteiger partial charge is 0.492 e. The van der Waals surface area contributed by atoms with E-state index in [2.05, 4.69) is 45.5 Å². The van der Waals surface area contributed by atoms with Gasteiger partial charge in [-0.1, -0.05) is 57.9 Å². The maximum atomic E-state index is 6.09. The van der Waals surface area contributed by atoms with Crippen LogP contribution in [0.4, 0.5) is 0 Å². The van der Waals surface area contributed by atoms with Crippen molar-refractivity contribution in [3.63, 3.8) is 0 Å². The van der Waals surface area contributed by atoms with E-state index in [1.165, 1.54) is 5.56 Å². The van der Waals surface area contributed by atoms with Crippen LogP contribution in [-0.2, 0) is 6.54 Å². The highest BCUT2D eigenvalue weighted by molar-refractivity contribution is 9.10. The second kappa shape index (κ2) is 8.30. The Bertz CT molecular complexity index is 533. The fourth-order valence-electron chi connectivity index (χ4n) is 1.88. The predicted molar refractivity (Wildman–Crippen MR) is 86.2 cm³/mol. The Balaban J connectivity index is 1.62. The number of halogens is 2. The number of rotatable bonds is 7. The molecular formula is C16H18BrClNO+. The molecule has 0 radical (unpaired) electrons. The van der Waals surface area contributed by atoms with Crippen LogP contribution in [0.25, 0.3) is 0 Å². The maximum Gasteiger partial charge on any atom is 0.137 e. The summed E-state index contributed by atoms with van der Waals surface area (Å²) >= 11 is 9.46. The van der Waals surface area contributed by atoms with Crippen molar-refractivity contribution in [1.82, 2.24) is 0 Å². The number of nitrogens with two attached hydrogens (primary N) is 1. The molecule has 0 amide bonds. The highest BCUT2D eigenvalue weighted by atomic mass is 79.9. The third-order valence-electron chi connectivity index (χ3n) is 2.93. The van der Waals surface area contributed by atoms with Gasteiger partial charge in [0.15, 0.2) is 0 Å². The van der Waals surface area contributed by atoms with Gasteiger partial charge in [0.05, 0.1) is 18.2 Å². The van der Waals surface area contributed by atoms with Crippen molar-refractivity contribution in [2.75, 3.05) is 13.2 Å². The van der Waals surface area contributed by atoms with Crippen LogP contribution < -0.4 is 10.1 Å². The summed E-state index contributed by atoms with van der Waals surface area (Å²) in [4.78, 5) is 0. The summed E-state index contributed by atoms with van der Waals surface area (Å²) in [6.07, 6.45) is 0.999. The molecule has 0 aliphatic heterocycles. The molecule has 106 valence electrons. The summed E-state index contributed by atoms with van der Waals surface area (Å²) in [7, 11) is 0. The molecule has 20 heavy (non-hydrogen) atoms. The fraction of sp³-hybridized carbons (Fsp3) is 0.250. The first-order chi connectivity index (χ1) is 9.75. The number of quaternary nitrogens is 1. The van der Waals surface area contributed by atoms with E-state index < -0.39 is 0 Å². The van der Waals surface area contributed by atoms with Crippen molar-refractivity contribution in [2.45, 2.75) is 13.0 Å². The van der Waals surface area contributed by atoms with Crippen LogP contribution in [0.3, 0.4) is 0 Å². The molecule has 2 aromatic rings. The summed E-state index contributed by atoms with van der Waals surface area (Å²) in [5, 5.41) is 2.94. The van der Waals surface area contributed by atoms with Crippen molar-refractivity contribution < 1.29 is 10.1 Å². The average Bonchev–Trinajstić information content (AvgIpc) is 2.46. The first-order valence-corrected chi connectivity index (χ1v) is 7.86. The maximum absolute atomic E-state index is 6.09. The van der Waals surface area contributed by atoms with Gasteiger partial charge in [0.2, 0.25) is 0 Å². The molecule has 0 bridgehead atoms. The molecule has 2 rings (SSSR count). The summed E-state index contributed by atoms with van der Waals surface area (Å²) in [6, 6.07) is 16.1. The van der Waals surface area contributed by atoms with Crippen molar-refractivity contribution in [1.29, 1.82) is 0 Å². The summed E-state index contributed by atoms with van der Waals surface area (Å²) < 4.78 is 6.64. The van der Waals surface area contributed by atoms with Crippen LogP contribution in [0.15, 0.2) is 53.0 Å². The smallest absolute Gasteiger partial charge is 0.137 e. The van der Waals surface area contributed by atoms with Gasteiger partial charge in [0.1, 0.15) is 12.3 Å². The zero-order valence-corrected chi connectivity index (χ0v) is 13.5. The van der Waals surface area contributed by atoms with E-state index >= 15 is 0 Å². The Hall–Kier alpha value is -1.03. The second-order valence-electron chi connectivity index (χ2n) is 4.54. The average molecular weight is 356 g/mol. The minimum atomic E-state index is 0.646. The Morgan fingerprint density at radius 2 is 1.90 bits per heavy atom. The lowest BCUT2D eigenvalue weighted by Crippen LogP contribution is -2.82. The first kappa shape index (κ1) is 15.4. The molecule has 0 spiro atoms. The van der Waals surface area contributed by atoms with Gasteiger partial charge in [-0.2, -0.15) is 0 Å². The lowest BCUT2D eigenvalue weighted by atomic mass is 10.2. The van der Waals surface area contributed by atoms with Crippen LogP contribution in [0.1, 0.15) is 12.0 Å². The molecule has 0 atom stereocenters. The standard InChI is InChI=1S/C16H17BrClNO/c17-14-7-8-16(15(18)11-14)20-10-4-9-19-12-13-5-2-1-3-6-13/h1-3,5-8,11,19H,4,9-10,12H2/p+1. The van der Waals surface area contributed by atoms with E-state index in [0.717, 1.165) is 29.7 Å². The third kappa shape index (κ3) is 5.16. The van der Waals surface area contributed by atoms with Crippen molar-refractivity contribution in [3.8, 4) is 5.75 Å². The quantitative estimate of drug-likeness (QED) is 0.754. The zero-order valence-electron chi connectivity index (χ0n) is 11.2. The van der Waals surface area contributed by atoms with Crippen LogP contribution in [0.5, 0.6) is 5.75 Å². The molecule has 0 saturated carbocycles. The number of benzene rings is 2. The van der Waals surface area contributed by atoms with Crippen LogP contribution in [0, 0.1) is 0 Å². The minimum absolute atomic E-state index is 0.646. The first-order valence-electron chi connectivity index (χ1n) is 6.69. The summed E-state index contributed by atoms with van der Waals surface area (Å²) in [5.41, 5.74) is 1.35. The molecule has 0 aliphatic carbocycles. The molecule has 0 unspecified atom stereocenters. The Morgan fingerprint density at radius 1 is 1.10 bits per heavy atom. The molecule has 0 fully saturated rings. The van der Waals surface area contributed by atoms with Crippen LogP contribution in [0.2, 0.25) is 5.02 Å². The van der Waals surface area contributed by atoms with E-state index in [1.807, 2.05) is 24.3 Å². The van der Waals surface area contributed by atoms with Crippen molar-refractivity contribution in [3.05, 3.63) is 63.6 Å². The van der Waals surface area contributed by atoms with Crippen molar-refractivity contribution in [2.24, 2.45) is 0 Å². The van der Waals surface area contributed by atoms with E-state index in [1.54, 1.807) is 0 Å². The summed E-state index contributed by atoms with van der Waals surface area (Å²) in [5.74, 6) is 0.748. The van der Waals surface area contributed by atoms with Gasteiger partial charge in [-0.05, 0) is 18.2 Å². The SMILES string of the molecule is Clc1cc(Br)ccc1OCCC[NH2+]Cc1ccccc1. The normalized spacial score (nSPS) is 10.5. The monoisotopic (exact) mass is 354 g/mol. The van der Waals surface area contributed by atoms with Gasteiger partial charge < -0.3 is 10.1 Å². The highest BCUT2D eigenvalue weighted by Crippen LogP contribution is 2.27. The van der Waals surface area contributed by atoms with Crippen LogP contribution >= 0.6 is 27.5 Å². The number of hydrogen-bond acceptors (Lipinski definition) is 1. The van der Waals surface area contributed by atoms with E-state index in [0.29, 0.717) is 11.6 Å². The minimum Gasteiger partial charge on any atom is -0.492 e. The molecule has 2 N–H and O–H groups in total. The predicted octanol–water partition coefficient (Wildman–Crippen LogP) is 3.64. The molecule has 0 heterocycles. The number of ether oxygens (including phenoxy) is 1. The summed E-state index contributed by atoms with van der Waals surface area (Å²) in [6.45, 7) is 2.75. The van der Waals surface area contributed by atoms with Gasteiger partial charge in [0, 0.05) is 16.5 Å². The highest BCUT2D eigenvalue weighted by Gasteiger charge is 2.02. The van der Waals surface area contributed by atoms with Crippen molar-refractivity contribution >= 4 is 27.5 Å². The lowest BCUT2D eigenvalue weighted by Gasteiger charge is -2.08. The second-order valence-corrected chi connectivity index (χ2v) is 5.87. The fourth-order valence-corrected chi connectivity index (χ4v) is 2.61. The van der Waals surface area contributed by atoms with Gasteiger partial charge in [-0.25, -0.2) is 0 Å². The third-order valence-corrected chi connectivity index (χ3v) is 3.72. The zero-order chi connectivity index (χ0) is 14.2. The Kier molecular flexibility index (Phi) is 6.37. The molecule has 0 aliphatic rings. The lowest BCUT2D eigenvalue weighted by molar-refractivity contribution is -0.671. The molecule has 4 heteroatoms. The van der Waals surface area contributed by atoms with E-state index in [-0.39, 0.29) is 0 Å².